The highest BCUT2D eigenvalue weighted by molar-refractivity contribution is 6.02. The number of aromatic nitrogens is 2. The fourth-order valence-electron chi connectivity index (χ4n) is 11.0. The zero-order chi connectivity index (χ0) is 26.9. The second kappa shape index (κ2) is 9.56. The SMILES string of the molecule is CC(C)CCC[C@H](C)[C@H]1CC[C@H]2[C@@H]3CC[C@H]4Cc5nc6c(ccc7cccnc76)cc5C[C@]4(C)[C@H]3CC[C@]12C. The average molecular weight is 523 g/mol. The first kappa shape index (κ1) is 26.0. The van der Waals surface area contributed by atoms with Crippen molar-refractivity contribution in [3.05, 3.63) is 47.8 Å². The van der Waals surface area contributed by atoms with Crippen LogP contribution in [0.4, 0.5) is 0 Å². The molecule has 39 heavy (non-hydrogen) atoms. The molecule has 2 heteroatoms. The Morgan fingerprint density at radius 3 is 2.54 bits per heavy atom. The molecule has 0 bridgehead atoms. The van der Waals surface area contributed by atoms with E-state index in [1.165, 1.54) is 92.7 Å². The van der Waals surface area contributed by atoms with Gasteiger partial charge >= 0.3 is 0 Å². The highest BCUT2D eigenvalue weighted by Crippen LogP contribution is 2.68. The van der Waals surface area contributed by atoms with E-state index in [-0.39, 0.29) is 0 Å². The van der Waals surface area contributed by atoms with Gasteiger partial charge in [0.1, 0.15) is 0 Å². The second-order valence-corrected chi connectivity index (χ2v) is 15.4. The molecule has 208 valence electrons. The van der Waals surface area contributed by atoms with Crippen LogP contribution in [0, 0.1) is 52.3 Å². The van der Waals surface area contributed by atoms with E-state index in [1.54, 1.807) is 0 Å². The van der Waals surface area contributed by atoms with E-state index in [0.29, 0.717) is 10.8 Å². The largest absolute Gasteiger partial charge is 0.254 e. The molecule has 1 aromatic carbocycles. The van der Waals surface area contributed by atoms with Crippen LogP contribution in [-0.4, -0.2) is 9.97 Å². The number of hydrogen-bond acceptors (Lipinski definition) is 2. The van der Waals surface area contributed by atoms with Crippen LogP contribution in [0.15, 0.2) is 36.5 Å². The molecule has 3 saturated carbocycles. The van der Waals surface area contributed by atoms with Gasteiger partial charge in [-0.1, -0.05) is 72.1 Å². The number of pyridine rings is 2. The maximum atomic E-state index is 5.34. The molecule has 0 saturated heterocycles. The van der Waals surface area contributed by atoms with E-state index in [9.17, 15) is 0 Å². The summed E-state index contributed by atoms with van der Waals surface area (Å²) in [4.78, 5) is 10.1. The number of benzene rings is 1. The van der Waals surface area contributed by atoms with Crippen molar-refractivity contribution in [1.29, 1.82) is 0 Å². The van der Waals surface area contributed by atoms with Gasteiger partial charge in [0.2, 0.25) is 0 Å². The molecule has 3 fully saturated rings. The minimum atomic E-state index is 0.433. The molecular formula is C37H50N2. The molecule has 0 spiro atoms. The molecule has 8 atom stereocenters. The number of nitrogens with zero attached hydrogens (tertiary/aromatic N) is 2. The second-order valence-electron chi connectivity index (χ2n) is 15.4. The molecule has 0 amide bonds. The third kappa shape index (κ3) is 4.09. The van der Waals surface area contributed by atoms with Gasteiger partial charge < -0.3 is 0 Å². The Morgan fingerprint density at radius 2 is 1.69 bits per heavy atom. The van der Waals surface area contributed by atoms with E-state index < -0.39 is 0 Å². The van der Waals surface area contributed by atoms with E-state index >= 15 is 0 Å². The Kier molecular flexibility index (Phi) is 6.37. The van der Waals surface area contributed by atoms with Crippen LogP contribution in [-0.2, 0) is 12.8 Å². The lowest BCUT2D eigenvalue weighted by atomic mass is 9.44. The van der Waals surface area contributed by atoms with Gasteiger partial charge in [0.15, 0.2) is 0 Å². The fraction of sp³-hybridized carbons (Fsp3) is 0.676. The lowest BCUT2D eigenvalue weighted by molar-refractivity contribution is -0.103. The van der Waals surface area contributed by atoms with Gasteiger partial charge in [0.25, 0.3) is 0 Å². The smallest absolute Gasteiger partial charge is 0.0968 e. The molecule has 3 aromatic rings. The molecule has 2 aromatic heterocycles. The summed E-state index contributed by atoms with van der Waals surface area (Å²) < 4.78 is 0. The van der Waals surface area contributed by atoms with Gasteiger partial charge in [0.05, 0.1) is 11.0 Å². The minimum absolute atomic E-state index is 0.433. The van der Waals surface area contributed by atoms with Crippen molar-refractivity contribution < 1.29 is 0 Å². The fourth-order valence-corrected chi connectivity index (χ4v) is 11.0. The highest BCUT2D eigenvalue weighted by atomic mass is 14.8. The molecular weight excluding hydrogens is 472 g/mol. The van der Waals surface area contributed by atoms with Crippen LogP contribution >= 0.6 is 0 Å². The molecule has 0 aliphatic heterocycles. The van der Waals surface area contributed by atoms with E-state index in [1.807, 2.05) is 12.3 Å². The summed E-state index contributed by atoms with van der Waals surface area (Å²) in [5, 5.41) is 2.48. The van der Waals surface area contributed by atoms with Gasteiger partial charge in [0, 0.05) is 22.7 Å². The number of hydrogen-bond donors (Lipinski definition) is 0. The first-order chi connectivity index (χ1) is 18.8. The van der Waals surface area contributed by atoms with Crippen LogP contribution in [0.3, 0.4) is 0 Å². The first-order valence-electron chi connectivity index (χ1n) is 16.4. The molecule has 0 N–H and O–H groups in total. The van der Waals surface area contributed by atoms with Crippen molar-refractivity contribution in [2.24, 2.45) is 52.3 Å². The quantitative estimate of drug-likeness (QED) is 0.312. The van der Waals surface area contributed by atoms with Crippen molar-refractivity contribution >= 4 is 21.8 Å². The molecule has 2 heterocycles. The summed E-state index contributed by atoms with van der Waals surface area (Å²) in [5.41, 5.74) is 6.10. The predicted octanol–water partition coefficient (Wildman–Crippen LogP) is 9.82. The zero-order valence-corrected chi connectivity index (χ0v) is 25.2. The molecule has 4 aliphatic rings. The van der Waals surface area contributed by atoms with Crippen LogP contribution in [0.25, 0.3) is 21.8 Å². The summed E-state index contributed by atoms with van der Waals surface area (Å²) in [5.74, 6) is 6.28. The maximum absolute atomic E-state index is 5.34. The molecule has 0 radical (unpaired) electrons. The summed E-state index contributed by atoms with van der Waals surface area (Å²) in [6.07, 6.45) is 17.4. The zero-order valence-electron chi connectivity index (χ0n) is 25.2. The molecule has 2 nitrogen and oxygen atoms in total. The average Bonchev–Trinajstić information content (AvgIpc) is 3.27. The minimum Gasteiger partial charge on any atom is -0.254 e. The molecule has 0 unspecified atom stereocenters. The van der Waals surface area contributed by atoms with Crippen molar-refractivity contribution in [3.63, 3.8) is 0 Å². The third-order valence-electron chi connectivity index (χ3n) is 13.0. The standard InChI is InChI=1S/C37H50N2/c1-23(2)8-6-9-24(3)30-15-16-31-29-14-13-28-21-33-27(22-37(28,5)32(29)17-18-36(30,31)4)20-26-12-11-25-10-7-19-38-34(25)35(26)39-33/h7,10-12,19-20,23-24,28-32H,6,8-9,13-18,21-22H2,1-5H3/t24-,28-,29-,30+,31-,32-,36+,37-/m0/s1. The monoisotopic (exact) mass is 522 g/mol. The number of rotatable bonds is 5. The van der Waals surface area contributed by atoms with Gasteiger partial charge in [-0.05, 0) is 121 Å². The van der Waals surface area contributed by atoms with Crippen molar-refractivity contribution in [3.8, 4) is 0 Å². The van der Waals surface area contributed by atoms with Crippen molar-refractivity contribution in [2.45, 2.75) is 105 Å². The number of fused-ring (bicyclic) bond motifs is 9. The van der Waals surface area contributed by atoms with Crippen LogP contribution in [0.2, 0.25) is 0 Å². The maximum Gasteiger partial charge on any atom is 0.0968 e. The Bertz CT molecular complexity index is 1370. The van der Waals surface area contributed by atoms with E-state index in [0.717, 1.165) is 52.5 Å². The molecule has 7 rings (SSSR count). The summed E-state index contributed by atoms with van der Waals surface area (Å²) in [6.45, 7) is 12.8. The van der Waals surface area contributed by atoms with Gasteiger partial charge in [-0.15, -0.1) is 0 Å². The Balaban J connectivity index is 1.15. The Labute approximate surface area is 236 Å². The van der Waals surface area contributed by atoms with Gasteiger partial charge in [-0.25, -0.2) is 0 Å². The highest BCUT2D eigenvalue weighted by Gasteiger charge is 2.60. The normalized spacial score (nSPS) is 36.4. The van der Waals surface area contributed by atoms with Gasteiger partial charge in [-0.3, -0.25) is 9.97 Å². The van der Waals surface area contributed by atoms with Crippen molar-refractivity contribution in [2.75, 3.05) is 0 Å². The summed E-state index contributed by atoms with van der Waals surface area (Å²) in [6, 6.07) is 11.2. The topological polar surface area (TPSA) is 25.8 Å². The van der Waals surface area contributed by atoms with E-state index in [2.05, 4.69) is 58.9 Å². The van der Waals surface area contributed by atoms with Crippen LogP contribution in [0.5, 0.6) is 0 Å². The Hall–Kier alpha value is -1.96. The van der Waals surface area contributed by atoms with E-state index in [4.69, 9.17) is 9.97 Å². The molecule has 4 aliphatic carbocycles. The van der Waals surface area contributed by atoms with Gasteiger partial charge in [-0.2, -0.15) is 0 Å². The third-order valence-corrected chi connectivity index (χ3v) is 13.0. The van der Waals surface area contributed by atoms with Crippen LogP contribution in [0.1, 0.15) is 104 Å². The van der Waals surface area contributed by atoms with Crippen LogP contribution < -0.4 is 0 Å². The predicted molar refractivity (Wildman–Crippen MR) is 164 cm³/mol. The summed E-state index contributed by atoms with van der Waals surface area (Å²) >= 11 is 0. The lowest BCUT2D eigenvalue weighted by Crippen LogP contribution is -2.54. The summed E-state index contributed by atoms with van der Waals surface area (Å²) in [7, 11) is 0. The van der Waals surface area contributed by atoms with Crippen molar-refractivity contribution in [1.82, 2.24) is 9.97 Å². The lowest BCUT2D eigenvalue weighted by Gasteiger charge is -2.60. The first-order valence-corrected chi connectivity index (χ1v) is 16.4. The Morgan fingerprint density at radius 1 is 0.872 bits per heavy atom.